The molecule has 38 heavy (non-hydrogen) atoms. The number of nitrogens with one attached hydrogen (secondary N) is 2. The second-order valence-electron chi connectivity index (χ2n) is 10.2. The van der Waals surface area contributed by atoms with E-state index in [0.29, 0.717) is 37.3 Å². The summed E-state index contributed by atoms with van der Waals surface area (Å²) in [4.78, 5) is 58.6. The van der Waals surface area contributed by atoms with Crippen LogP contribution in [0, 0.1) is 0 Å². The van der Waals surface area contributed by atoms with Crippen molar-refractivity contribution in [3.8, 4) is 0 Å². The molecule has 1 saturated heterocycles. The van der Waals surface area contributed by atoms with Gasteiger partial charge in [-0.15, -0.1) is 0 Å². The lowest BCUT2D eigenvalue weighted by atomic mass is 10.2. The van der Waals surface area contributed by atoms with Gasteiger partial charge in [-0.05, 0) is 65.6 Å². The van der Waals surface area contributed by atoms with Gasteiger partial charge in [0.1, 0.15) is 11.6 Å². The third-order valence-electron chi connectivity index (χ3n) is 5.44. The lowest BCUT2D eigenvalue weighted by molar-refractivity contribution is -0.154. The van der Waals surface area contributed by atoms with E-state index in [9.17, 15) is 19.2 Å². The number of oxime groups is 1. The average molecular weight is 534 g/mol. The summed E-state index contributed by atoms with van der Waals surface area (Å²) in [5, 5.41) is 8.92. The van der Waals surface area contributed by atoms with E-state index >= 15 is 0 Å². The van der Waals surface area contributed by atoms with Crippen LogP contribution in [0.15, 0.2) is 29.4 Å². The molecule has 0 saturated carbocycles. The molecular weight excluding hydrogens is 494 g/mol. The van der Waals surface area contributed by atoms with Gasteiger partial charge in [0.2, 0.25) is 5.91 Å². The highest BCUT2D eigenvalue weighted by molar-refractivity contribution is 6.02. The summed E-state index contributed by atoms with van der Waals surface area (Å²) in [5.74, 6) is -0.654. The minimum absolute atomic E-state index is 0.0150. The molecule has 1 unspecified atom stereocenters. The molecule has 1 aromatic carbocycles. The SMILES string of the molecule is CN(C)CCN(C)C(=O)ON=C(N)c1ccc(N2CCC(NC(=O)NCCC(=O)OC(C)(C)C)C2=O)cc1. The molecule has 1 aromatic rings. The molecule has 0 bridgehead atoms. The van der Waals surface area contributed by atoms with Crippen LogP contribution in [0.2, 0.25) is 0 Å². The van der Waals surface area contributed by atoms with Gasteiger partial charge in [-0.2, -0.15) is 0 Å². The van der Waals surface area contributed by atoms with Gasteiger partial charge in [0.15, 0.2) is 5.84 Å². The summed E-state index contributed by atoms with van der Waals surface area (Å²) in [6.45, 7) is 6.97. The van der Waals surface area contributed by atoms with Crippen LogP contribution < -0.4 is 21.3 Å². The van der Waals surface area contributed by atoms with E-state index in [-0.39, 0.29) is 24.7 Å². The Morgan fingerprint density at radius 1 is 1.13 bits per heavy atom. The highest BCUT2D eigenvalue weighted by Crippen LogP contribution is 2.22. The highest BCUT2D eigenvalue weighted by Gasteiger charge is 2.33. The molecule has 1 aliphatic heterocycles. The van der Waals surface area contributed by atoms with E-state index in [1.807, 2.05) is 19.0 Å². The molecule has 210 valence electrons. The number of esters is 1. The Labute approximate surface area is 223 Å². The molecule has 2 rings (SSSR count). The topological polar surface area (TPSA) is 159 Å². The minimum Gasteiger partial charge on any atom is -0.460 e. The number of likely N-dealkylation sites (N-methyl/N-ethyl adjacent to an activating group) is 2. The number of carbonyl (C=O) groups is 4. The number of nitrogens with zero attached hydrogens (tertiary/aromatic N) is 4. The maximum Gasteiger partial charge on any atom is 0.435 e. The molecule has 1 heterocycles. The third kappa shape index (κ3) is 9.88. The van der Waals surface area contributed by atoms with Gasteiger partial charge in [-0.25, -0.2) is 9.59 Å². The Morgan fingerprint density at radius 2 is 1.79 bits per heavy atom. The van der Waals surface area contributed by atoms with Crippen molar-refractivity contribution in [1.82, 2.24) is 20.4 Å². The van der Waals surface area contributed by atoms with Crippen LogP contribution in [-0.4, -0.2) is 98.6 Å². The lowest BCUT2D eigenvalue weighted by Gasteiger charge is -2.19. The standard InChI is InChI=1S/C25H39N7O6/c1-25(2,3)37-20(33)11-13-27-23(35)28-19-12-14-32(22(19)34)18-9-7-17(8-10-18)21(26)29-38-24(36)31(6)16-15-30(4)5/h7-10,19H,11-16H2,1-6H3,(H2,26,29)(H2,27,28,35). The fourth-order valence-corrected chi connectivity index (χ4v) is 3.41. The van der Waals surface area contributed by atoms with Crippen LogP contribution >= 0.6 is 0 Å². The number of urea groups is 1. The number of carbonyl (C=O) groups excluding carboxylic acids is 4. The second-order valence-corrected chi connectivity index (χ2v) is 10.2. The zero-order chi connectivity index (χ0) is 28.5. The molecular formula is C25H39N7O6. The van der Waals surface area contributed by atoms with E-state index in [1.54, 1.807) is 57.0 Å². The number of anilines is 1. The molecule has 4 N–H and O–H groups in total. The van der Waals surface area contributed by atoms with Crippen molar-refractivity contribution in [2.24, 2.45) is 10.9 Å². The fraction of sp³-hybridized carbons (Fsp3) is 0.560. The normalized spacial score (nSPS) is 15.9. The van der Waals surface area contributed by atoms with Crippen molar-refractivity contribution in [1.29, 1.82) is 0 Å². The Bertz CT molecular complexity index is 1020. The molecule has 13 nitrogen and oxygen atoms in total. The van der Waals surface area contributed by atoms with Crippen molar-refractivity contribution in [3.63, 3.8) is 0 Å². The van der Waals surface area contributed by atoms with Gasteiger partial charge < -0.3 is 35.8 Å². The minimum atomic E-state index is -0.688. The number of nitrogens with two attached hydrogens (primary N) is 1. The number of amidine groups is 1. The predicted octanol–water partition coefficient (Wildman–Crippen LogP) is 1.07. The number of benzene rings is 1. The first-order valence-corrected chi connectivity index (χ1v) is 12.3. The molecule has 0 radical (unpaired) electrons. The summed E-state index contributed by atoms with van der Waals surface area (Å²) in [6.07, 6.45) is -0.164. The molecule has 0 aromatic heterocycles. The van der Waals surface area contributed by atoms with Crippen molar-refractivity contribution in [2.75, 3.05) is 52.2 Å². The summed E-state index contributed by atoms with van der Waals surface area (Å²) >= 11 is 0. The summed E-state index contributed by atoms with van der Waals surface area (Å²) in [7, 11) is 5.41. The maximum absolute atomic E-state index is 12.8. The Balaban J connectivity index is 1.84. The smallest absolute Gasteiger partial charge is 0.435 e. The monoisotopic (exact) mass is 533 g/mol. The predicted molar refractivity (Wildman–Crippen MR) is 143 cm³/mol. The first-order valence-electron chi connectivity index (χ1n) is 12.3. The number of rotatable bonds is 10. The number of ether oxygens (including phenoxy) is 1. The average Bonchev–Trinajstić information content (AvgIpc) is 3.19. The van der Waals surface area contributed by atoms with Crippen LogP contribution in [-0.2, 0) is 19.2 Å². The van der Waals surface area contributed by atoms with Gasteiger partial charge in [0.05, 0.1) is 6.42 Å². The van der Waals surface area contributed by atoms with Gasteiger partial charge in [-0.3, -0.25) is 14.4 Å². The van der Waals surface area contributed by atoms with Crippen molar-refractivity contribution in [2.45, 2.75) is 45.3 Å². The Hall–Kier alpha value is -3.87. The summed E-state index contributed by atoms with van der Waals surface area (Å²) < 4.78 is 5.19. The molecule has 0 aliphatic carbocycles. The maximum atomic E-state index is 12.8. The zero-order valence-corrected chi connectivity index (χ0v) is 22.9. The Morgan fingerprint density at radius 3 is 2.39 bits per heavy atom. The van der Waals surface area contributed by atoms with Crippen LogP contribution in [0.4, 0.5) is 15.3 Å². The summed E-state index contributed by atoms with van der Waals surface area (Å²) in [6, 6.07) is 5.50. The van der Waals surface area contributed by atoms with Crippen LogP contribution in [0.1, 0.15) is 39.2 Å². The van der Waals surface area contributed by atoms with Gasteiger partial charge in [0.25, 0.3) is 0 Å². The summed E-state index contributed by atoms with van der Waals surface area (Å²) in [5.41, 5.74) is 6.50. The van der Waals surface area contributed by atoms with Crippen molar-refractivity contribution >= 4 is 35.5 Å². The molecule has 4 amide bonds. The number of hydrogen-bond acceptors (Lipinski definition) is 8. The quantitative estimate of drug-likeness (QED) is 0.132. The largest absolute Gasteiger partial charge is 0.460 e. The van der Waals surface area contributed by atoms with E-state index < -0.39 is 29.7 Å². The van der Waals surface area contributed by atoms with Crippen LogP contribution in [0.5, 0.6) is 0 Å². The zero-order valence-electron chi connectivity index (χ0n) is 22.9. The fourth-order valence-electron chi connectivity index (χ4n) is 3.41. The van der Waals surface area contributed by atoms with Gasteiger partial charge in [-0.1, -0.05) is 5.16 Å². The molecule has 0 spiro atoms. The van der Waals surface area contributed by atoms with Crippen LogP contribution in [0.25, 0.3) is 0 Å². The lowest BCUT2D eigenvalue weighted by Crippen LogP contribution is -2.46. The van der Waals surface area contributed by atoms with Gasteiger partial charge >= 0.3 is 18.1 Å². The van der Waals surface area contributed by atoms with Crippen molar-refractivity contribution in [3.05, 3.63) is 29.8 Å². The van der Waals surface area contributed by atoms with Crippen LogP contribution in [0.3, 0.4) is 0 Å². The highest BCUT2D eigenvalue weighted by atomic mass is 16.7. The van der Waals surface area contributed by atoms with Crippen molar-refractivity contribution < 1.29 is 28.8 Å². The number of hydrogen-bond donors (Lipinski definition) is 3. The first kappa shape index (κ1) is 30.4. The number of amides is 4. The molecule has 1 fully saturated rings. The first-order chi connectivity index (χ1) is 17.8. The van der Waals surface area contributed by atoms with E-state index in [2.05, 4.69) is 15.8 Å². The van der Waals surface area contributed by atoms with E-state index in [0.717, 1.165) is 0 Å². The molecule has 13 heteroatoms. The van der Waals surface area contributed by atoms with Gasteiger partial charge in [0, 0.05) is 44.5 Å². The van der Waals surface area contributed by atoms with E-state index in [1.165, 1.54) is 4.90 Å². The Kier molecular flexibility index (Phi) is 10.9. The van der Waals surface area contributed by atoms with E-state index in [4.69, 9.17) is 15.3 Å². The molecule has 1 atom stereocenters. The third-order valence-corrected chi connectivity index (χ3v) is 5.44. The molecule has 1 aliphatic rings. The second kappa shape index (κ2) is 13.6.